The molecule has 0 radical (unpaired) electrons. The lowest BCUT2D eigenvalue weighted by atomic mass is 9.92. The standard InChI is InChI=1S/C29H25Cl2N3O2/c30-23-3-1-2-21(13-23)25-15-26(25)28(36)11-20-12-29(34-33-17-20)32-16-19-6-4-18(5-7-19)10-22-14-24(31)8-9-27(22)35/h1-9,12-14,17,22,25-26H,10-11,15-16H2,(H,32,34)/t22?,25-,26+/m1/s1. The van der Waals surface area contributed by atoms with Crippen molar-refractivity contribution >= 4 is 40.6 Å². The first-order chi connectivity index (χ1) is 17.4. The number of ketones is 2. The minimum absolute atomic E-state index is 0.0398. The monoisotopic (exact) mass is 517 g/mol. The van der Waals surface area contributed by atoms with Crippen molar-refractivity contribution in [1.82, 2.24) is 10.2 Å². The van der Waals surface area contributed by atoms with Crippen LogP contribution in [0.3, 0.4) is 0 Å². The van der Waals surface area contributed by atoms with Gasteiger partial charge in [-0.25, -0.2) is 0 Å². The summed E-state index contributed by atoms with van der Waals surface area (Å²) in [7, 11) is 0. The fraction of sp³-hybridized carbons (Fsp3) is 0.241. The number of nitrogens with zero attached hydrogens (tertiary/aromatic N) is 2. The molecule has 1 unspecified atom stereocenters. The van der Waals surface area contributed by atoms with E-state index in [1.807, 2.05) is 54.6 Å². The summed E-state index contributed by atoms with van der Waals surface area (Å²) in [5, 5.41) is 12.8. The van der Waals surface area contributed by atoms with Crippen LogP contribution in [0.4, 0.5) is 5.82 Å². The zero-order chi connectivity index (χ0) is 25.1. The first-order valence-electron chi connectivity index (χ1n) is 12.0. The van der Waals surface area contributed by atoms with Crippen LogP contribution in [0.5, 0.6) is 0 Å². The first-order valence-corrected chi connectivity index (χ1v) is 12.7. The molecule has 1 heterocycles. The number of aromatic nitrogens is 2. The van der Waals surface area contributed by atoms with Crippen LogP contribution in [-0.4, -0.2) is 21.8 Å². The molecule has 0 saturated heterocycles. The van der Waals surface area contributed by atoms with Gasteiger partial charge in [-0.2, -0.15) is 5.10 Å². The minimum Gasteiger partial charge on any atom is -0.364 e. The number of anilines is 1. The van der Waals surface area contributed by atoms with Crippen molar-refractivity contribution in [2.24, 2.45) is 11.8 Å². The van der Waals surface area contributed by atoms with E-state index in [4.69, 9.17) is 23.2 Å². The summed E-state index contributed by atoms with van der Waals surface area (Å²) in [6, 6.07) is 17.7. The van der Waals surface area contributed by atoms with Gasteiger partial charge in [0.15, 0.2) is 5.78 Å². The lowest BCUT2D eigenvalue weighted by Crippen LogP contribution is -2.15. The molecule has 3 aromatic rings. The zero-order valence-corrected chi connectivity index (χ0v) is 21.0. The highest BCUT2D eigenvalue weighted by Gasteiger charge is 2.43. The number of hydrogen-bond acceptors (Lipinski definition) is 5. The second-order valence-corrected chi connectivity index (χ2v) is 10.2. The van der Waals surface area contributed by atoms with Crippen LogP contribution in [0, 0.1) is 11.8 Å². The van der Waals surface area contributed by atoms with E-state index < -0.39 is 0 Å². The van der Waals surface area contributed by atoms with Crippen molar-refractivity contribution in [1.29, 1.82) is 0 Å². The van der Waals surface area contributed by atoms with Crippen molar-refractivity contribution in [3.63, 3.8) is 0 Å². The van der Waals surface area contributed by atoms with E-state index in [9.17, 15) is 9.59 Å². The van der Waals surface area contributed by atoms with E-state index in [1.165, 1.54) is 6.08 Å². The molecule has 0 amide bonds. The summed E-state index contributed by atoms with van der Waals surface area (Å²) < 4.78 is 0. The average molecular weight is 518 g/mol. The summed E-state index contributed by atoms with van der Waals surface area (Å²) in [6.45, 7) is 0.572. The predicted molar refractivity (Wildman–Crippen MR) is 142 cm³/mol. The highest BCUT2D eigenvalue weighted by atomic mass is 35.5. The topological polar surface area (TPSA) is 72.0 Å². The number of Topliss-reactive ketones (excluding diaryl/α,β-unsaturated/α-hetero) is 1. The van der Waals surface area contributed by atoms with Gasteiger partial charge < -0.3 is 5.32 Å². The molecule has 1 N–H and O–H groups in total. The first kappa shape index (κ1) is 24.4. The molecule has 0 aliphatic heterocycles. The Labute approximate surface area is 220 Å². The number of carbonyl (C=O) groups excluding carboxylic acids is 2. The quantitative estimate of drug-likeness (QED) is 0.372. The molecule has 36 heavy (non-hydrogen) atoms. The Morgan fingerprint density at radius 3 is 2.61 bits per heavy atom. The molecule has 182 valence electrons. The number of benzene rings is 2. The van der Waals surface area contributed by atoms with Crippen molar-refractivity contribution < 1.29 is 9.59 Å². The van der Waals surface area contributed by atoms with Crippen LogP contribution in [0.15, 0.2) is 84.1 Å². The molecule has 5 nitrogen and oxygen atoms in total. The third-order valence-corrected chi connectivity index (χ3v) is 7.14. The number of carbonyl (C=O) groups is 2. The van der Waals surface area contributed by atoms with E-state index in [1.54, 1.807) is 18.3 Å². The zero-order valence-electron chi connectivity index (χ0n) is 19.5. The number of nitrogens with one attached hydrogen (secondary N) is 1. The smallest absolute Gasteiger partial charge is 0.162 e. The summed E-state index contributed by atoms with van der Waals surface area (Å²) in [5.41, 5.74) is 4.13. The van der Waals surface area contributed by atoms with Crippen molar-refractivity contribution in [3.05, 3.63) is 111 Å². The van der Waals surface area contributed by atoms with Crippen LogP contribution in [0.1, 0.15) is 34.6 Å². The summed E-state index contributed by atoms with van der Waals surface area (Å²) >= 11 is 12.1. The molecule has 2 aromatic carbocycles. The van der Waals surface area contributed by atoms with Crippen molar-refractivity contribution in [3.8, 4) is 0 Å². The van der Waals surface area contributed by atoms with Crippen LogP contribution < -0.4 is 5.32 Å². The maximum absolute atomic E-state index is 12.8. The highest BCUT2D eigenvalue weighted by molar-refractivity contribution is 6.32. The van der Waals surface area contributed by atoms with Gasteiger partial charge in [-0.05, 0) is 71.4 Å². The van der Waals surface area contributed by atoms with Gasteiger partial charge in [0, 0.05) is 34.9 Å². The third-order valence-electron chi connectivity index (χ3n) is 6.66. The normalized spacial score (nSPS) is 20.7. The van der Waals surface area contributed by atoms with E-state index >= 15 is 0 Å². The maximum Gasteiger partial charge on any atom is 0.162 e. The van der Waals surface area contributed by atoms with Gasteiger partial charge in [-0.1, -0.05) is 65.7 Å². The van der Waals surface area contributed by atoms with Gasteiger partial charge >= 0.3 is 0 Å². The van der Waals surface area contributed by atoms with E-state index in [0.717, 1.165) is 28.7 Å². The molecule has 1 aromatic heterocycles. The van der Waals surface area contributed by atoms with Gasteiger partial charge in [0.2, 0.25) is 0 Å². The molecular formula is C29H25Cl2N3O2. The maximum atomic E-state index is 12.8. The second kappa shape index (κ2) is 10.8. The lowest BCUT2D eigenvalue weighted by Gasteiger charge is -2.13. The number of hydrogen-bond donors (Lipinski definition) is 1. The Balaban J connectivity index is 1.13. The Morgan fingerprint density at radius 2 is 1.81 bits per heavy atom. The fourth-order valence-corrected chi connectivity index (χ4v) is 5.01. The van der Waals surface area contributed by atoms with Gasteiger partial charge in [0.05, 0.1) is 6.20 Å². The summed E-state index contributed by atoms with van der Waals surface area (Å²) in [5.74, 6) is 1.00. The van der Waals surface area contributed by atoms with Crippen LogP contribution in [0.2, 0.25) is 5.02 Å². The van der Waals surface area contributed by atoms with E-state index in [-0.39, 0.29) is 29.3 Å². The molecular weight excluding hydrogens is 493 g/mol. The second-order valence-electron chi connectivity index (χ2n) is 9.36. The molecule has 5 rings (SSSR count). The molecule has 0 spiro atoms. The largest absolute Gasteiger partial charge is 0.364 e. The fourth-order valence-electron chi connectivity index (χ4n) is 4.59. The Morgan fingerprint density at radius 1 is 1.00 bits per heavy atom. The average Bonchev–Trinajstić information content (AvgIpc) is 3.68. The van der Waals surface area contributed by atoms with Gasteiger partial charge in [0.25, 0.3) is 0 Å². The molecule has 1 fully saturated rings. The molecule has 3 atom stereocenters. The van der Waals surface area contributed by atoms with Crippen LogP contribution in [0.25, 0.3) is 0 Å². The van der Waals surface area contributed by atoms with Crippen molar-refractivity contribution in [2.45, 2.75) is 31.7 Å². The Kier molecular flexibility index (Phi) is 7.30. The molecule has 1 saturated carbocycles. The number of halogens is 2. The molecule has 0 bridgehead atoms. The highest BCUT2D eigenvalue weighted by Crippen LogP contribution is 2.48. The van der Waals surface area contributed by atoms with Crippen LogP contribution >= 0.6 is 23.2 Å². The van der Waals surface area contributed by atoms with Gasteiger partial charge in [-0.15, -0.1) is 5.10 Å². The number of allylic oxidation sites excluding steroid dienone is 4. The minimum atomic E-state index is -0.219. The summed E-state index contributed by atoms with van der Waals surface area (Å²) in [4.78, 5) is 24.9. The Hall–Kier alpha value is -3.28. The van der Waals surface area contributed by atoms with E-state index in [0.29, 0.717) is 35.3 Å². The molecule has 7 heteroatoms. The SMILES string of the molecule is O=C1C=CC(Cl)=CC1Cc1ccc(CNc2cc(CC(=O)[C@H]3C[C@@H]3c3cccc(Cl)c3)cnn2)cc1. The third kappa shape index (κ3) is 6.10. The predicted octanol–water partition coefficient (Wildman–Crippen LogP) is 6.08. The van der Waals surface area contributed by atoms with Crippen LogP contribution in [-0.2, 0) is 29.0 Å². The Bertz CT molecular complexity index is 1350. The lowest BCUT2D eigenvalue weighted by molar-refractivity contribution is -0.119. The van der Waals surface area contributed by atoms with Gasteiger partial charge in [-0.3, -0.25) is 9.59 Å². The van der Waals surface area contributed by atoms with E-state index in [2.05, 4.69) is 15.5 Å². The molecule has 2 aliphatic carbocycles. The van der Waals surface area contributed by atoms with Crippen molar-refractivity contribution in [2.75, 3.05) is 5.32 Å². The molecule has 2 aliphatic rings. The number of rotatable bonds is 9. The van der Waals surface area contributed by atoms with Gasteiger partial charge in [0.1, 0.15) is 11.6 Å². The summed E-state index contributed by atoms with van der Waals surface area (Å²) in [6.07, 6.45) is 8.45.